The van der Waals surface area contributed by atoms with Crippen molar-refractivity contribution in [1.29, 1.82) is 0 Å². The van der Waals surface area contributed by atoms with Gasteiger partial charge in [0.1, 0.15) is 34.9 Å². The summed E-state index contributed by atoms with van der Waals surface area (Å²) in [4.78, 5) is 17.9. The van der Waals surface area contributed by atoms with E-state index in [-0.39, 0.29) is 47.3 Å². The Hall–Kier alpha value is -4.49. The topological polar surface area (TPSA) is 129 Å². The molecular weight excluding hydrogens is 627 g/mol. The van der Waals surface area contributed by atoms with E-state index in [0.717, 1.165) is 25.5 Å². The molecular formula is C26H25F5N10O3S. The van der Waals surface area contributed by atoms with Gasteiger partial charge in [-0.3, -0.25) is 9.30 Å². The van der Waals surface area contributed by atoms with Gasteiger partial charge in [0.2, 0.25) is 5.78 Å². The number of methoxy groups -OCH3 is 1. The molecule has 1 aliphatic heterocycles. The summed E-state index contributed by atoms with van der Waals surface area (Å²) in [5.74, 6) is -4.92. The van der Waals surface area contributed by atoms with Crippen molar-refractivity contribution in [3.63, 3.8) is 0 Å². The molecule has 19 heteroatoms. The first kappa shape index (κ1) is 30.5. The summed E-state index contributed by atoms with van der Waals surface area (Å²) < 4.78 is 107. The fourth-order valence-corrected chi connectivity index (χ4v) is 5.78. The Bertz CT molecular complexity index is 2020. The molecule has 0 fully saturated rings. The van der Waals surface area contributed by atoms with Gasteiger partial charge in [-0.15, -0.1) is 5.10 Å². The summed E-state index contributed by atoms with van der Waals surface area (Å²) in [6.45, 7) is -0.691. The molecule has 13 nitrogen and oxygen atoms in total. The van der Waals surface area contributed by atoms with E-state index in [0.29, 0.717) is 11.3 Å². The molecule has 5 aromatic rings. The zero-order chi connectivity index (χ0) is 32.5. The van der Waals surface area contributed by atoms with Gasteiger partial charge in [-0.2, -0.15) is 34.7 Å². The quantitative estimate of drug-likeness (QED) is 0.244. The Labute approximate surface area is 252 Å². The predicted molar refractivity (Wildman–Crippen MR) is 149 cm³/mol. The van der Waals surface area contributed by atoms with Crippen molar-refractivity contribution in [2.24, 2.45) is 0 Å². The fraction of sp³-hybridized carbons (Fsp3) is 0.346. The molecule has 0 atom stereocenters. The van der Waals surface area contributed by atoms with E-state index in [2.05, 4.69) is 25.0 Å². The number of nitrogens with zero attached hydrogens (tertiary/aromatic N) is 10. The monoisotopic (exact) mass is 652 g/mol. The molecule has 238 valence electrons. The summed E-state index contributed by atoms with van der Waals surface area (Å²) in [7, 11) is 1.55. The highest BCUT2D eigenvalue weighted by Gasteiger charge is 2.42. The van der Waals surface area contributed by atoms with E-state index in [9.17, 15) is 21.6 Å². The maximum atomic E-state index is 15.0. The van der Waals surface area contributed by atoms with Crippen LogP contribution in [0.4, 0.5) is 22.0 Å². The number of aromatic nitrogens is 8. The van der Waals surface area contributed by atoms with E-state index in [1.165, 1.54) is 43.8 Å². The van der Waals surface area contributed by atoms with Gasteiger partial charge >= 0.3 is 22.3 Å². The summed E-state index contributed by atoms with van der Waals surface area (Å²) in [6.07, 6.45) is -1.45. The van der Waals surface area contributed by atoms with E-state index >= 15 is 8.78 Å². The van der Waals surface area contributed by atoms with E-state index in [1.54, 1.807) is 24.3 Å². The number of imidazole rings is 2. The van der Waals surface area contributed by atoms with Crippen LogP contribution in [-0.4, -0.2) is 90.5 Å². The lowest BCUT2D eigenvalue weighted by atomic mass is 10.0. The predicted octanol–water partition coefficient (Wildman–Crippen LogP) is 3.12. The van der Waals surface area contributed by atoms with Crippen molar-refractivity contribution in [1.82, 2.24) is 47.3 Å². The van der Waals surface area contributed by atoms with Crippen molar-refractivity contribution < 1.29 is 35.1 Å². The van der Waals surface area contributed by atoms with E-state index in [4.69, 9.17) is 4.74 Å². The van der Waals surface area contributed by atoms with Gasteiger partial charge in [-0.05, 0) is 24.7 Å². The molecule has 4 aromatic heterocycles. The number of rotatable bonds is 7. The molecule has 0 amide bonds. The van der Waals surface area contributed by atoms with Crippen molar-refractivity contribution in [3.05, 3.63) is 65.6 Å². The fourth-order valence-electron chi connectivity index (χ4n) is 5.00. The minimum Gasteiger partial charge on any atom is -0.497 e. The zero-order valence-electron chi connectivity index (χ0n) is 24.2. The third kappa shape index (κ3) is 5.39. The summed E-state index contributed by atoms with van der Waals surface area (Å²) in [5.41, 5.74) is -0.144. The Kier molecular flexibility index (Phi) is 7.16. The summed E-state index contributed by atoms with van der Waals surface area (Å²) in [6, 6.07) is 6.50. The largest absolute Gasteiger partial charge is 0.497 e. The van der Waals surface area contributed by atoms with Gasteiger partial charge in [0.15, 0.2) is 5.82 Å². The number of fused-ring (bicyclic) bond motifs is 2. The molecule has 0 saturated carbocycles. The highest BCUT2D eigenvalue weighted by molar-refractivity contribution is 7.87. The van der Waals surface area contributed by atoms with Gasteiger partial charge in [-0.1, -0.05) is 12.1 Å². The number of halogens is 5. The van der Waals surface area contributed by atoms with Gasteiger partial charge in [0, 0.05) is 32.4 Å². The van der Waals surface area contributed by atoms with Crippen LogP contribution in [0.25, 0.3) is 28.7 Å². The Balaban J connectivity index is 1.61. The van der Waals surface area contributed by atoms with Gasteiger partial charge in [0.25, 0.3) is 5.82 Å². The Morgan fingerprint density at radius 2 is 1.78 bits per heavy atom. The summed E-state index contributed by atoms with van der Waals surface area (Å²) in [5, 5.41) is 3.70. The second-order valence-electron chi connectivity index (χ2n) is 10.6. The van der Waals surface area contributed by atoms with Crippen LogP contribution in [0, 0.1) is 0 Å². The smallest absolute Gasteiger partial charge is 0.453 e. The van der Waals surface area contributed by atoms with Crippen LogP contribution in [0.5, 0.6) is 5.75 Å². The van der Waals surface area contributed by atoms with Crippen molar-refractivity contribution in [2.45, 2.75) is 25.2 Å². The van der Waals surface area contributed by atoms with Gasteiger partial charge in [0.05, 0.1) is 26.4 Å². The molecule has 6 rings (SSSR count). The minimum absolute atomic E-state index is 0.0262. The number of hydrogen-bond acceptors (Lipinski definition) is 9. The lowest BCUT2D eigenvalue weighted by Gasteiger charge is -2.30. The van der Waals surface area contributed by atoms with Crippen LogP contribution in [0.2, 0.25) is 0 Å². The van der Waals surface area contributed by atoms with Crippen LogP contribution in [0.3, 0.4) is 0 Å². The molecule has 0 radical (unpaired) electrons. The van der Waals surface area contributed by atoms with E-state index < -0.39 is 40.4 Å². The first-order valence-corrected chi connectivity index (χ1v) is 14.6. The second kappa shape index (κ2) is 10.6. The highest BCUT2D eigenvalue weighted by atomic mass is 32.2. The minimum atomic E-state index is -4.94. The average Bonchev–Trinajstić information content (AvgIpc) is 3.69. The van der Waals surface area contributed by atoms with Gasteiger partial charge < -0.3 is 4.74 Å². The molecule has 0 spiro atoms. The van der Waals surface area contributed by atoms with Crippen molar-refractivity contribution >= 4 is 16.0 Å². The Morgan fingerprint density at radius 1 is 1.07 bits per heavy atom. The maximum Gasteiger partial charge on any atom is 0.453 e. The lowest BCUT2D eigenvalue weighted by molar-refractivity contribution is -0.144. The van der Waals surface area contributed by atoms with Crippen LogP contribution >= 0.6 is 0 Å². The first-order valence-electron chi connectivity index (χ1n) is 13.2. The molecule has 0 N–H and O–H groups in total. The number of ether oxygens (including phenoxy) is 1. The normalized spacial score (nSPS) is 15.6. The van der Waals surface area contributed by atoms with Gasteiger partial charge in [-0.25, -0.2) is 28.6 Å². The van der Waals surface area contributed by atoms with E-state index in [1.807, 2.05) is 0 Å². The average molecular weight is 653 g/mol. The first-order chi connectivity index (χ1) is 21.1. The molecule has 0 aliphatic carbocycles. The summed E-state index contributed by atoms with van der Waals surface area (Å²) >= 11 is 0. The number of alkyl halides is 5. The molecule has 45 heavy (non-hydrogen) atoms. The number of likely N-dealkylation sites (N-methyl/N-ethyl adjacent to an activating group) is 1. The second-order valence-corrected chi connectivity index (χ2v) is 12.7. The third-order valence-electron chi connectivity index (χ3n) is 7.11. The van der Waals surface area contributed by atoms with Crippen molar-refractivity contribution in [2.75, 3.05) is 34.8 Å². The maximum absolute atomic E-state index is 15.0. The molecule has 0 saturated heterocycles. The molecule has 0 unspecified atom stereocenters. The standard InChI is InChI=1S/C26H25F5N10O3S/c1-37(2)45(42,43)39-12-18(32-14-39)20-19(33-24-34-21-16(11-40(20)24)10-38(3)13-25(21,27)28)22-35-23(26(29,30)31)36-41(22)9-15-5-7-17(44-4)8-6-15/h5-8,11-12,14H,9-10,13H2,1-4H3. The molecule has 0 bridgehead atoms. The third-order valence-corrected chi connectivity index (χ3v) is 8.76. The molecule has 1 aromatic carbocycles. The molecule has 1 aliphatic rings. The SMILES string of the molecule is COc1ccc(Cn2nc(C(F)(F)F)nc2-c2nc3nc4c(cn3c2-c2cn(S(=O)(=O)N(C)C)cn2)CN(C)CC4(F)F)cc1. The highest BCUT2D eigenvalue weighted by Crippen LogP contribution is 2.38. The van der Waals surface area contributed by atoms with Crippen LogP contribution in [0.1, 0.15) is 22.6 Å². The lowest BCUT2D eigenvalue weighted by Crippen LogP contribution is -2.39. The van der Waals surface area contributed by atoms with Crippen LogP contribution < -0.4 is 4.74 Å². The van der Waals surface area contributed by atoms with Crippen LogP contribution in [0.15, 0.2) is 43.0 Å². The zero-order valence-corrected chi connectivity index (χ0v) is 25.0. The number of hydrogen-bond donors (Lipinski definition) is 0. The number of benzene rings is 1. The Morgan fingerprint density at radius 3 is 2.42 bits per heavy atom. The molecule has 5 heterocycles. The van der Waals surface area contributed by atoms with Crippen LogP contribution in [-0.2, 0) is 35.4 Å². The van der Waals surface area contributed by atoms with Crippen molar-refractivity contribution in [3.8, 4) is 28.7 Å².